The van der Waals surface area contributed by atoms with Gasteiger partial charge in [0.15, 0.2) is 5.78 Å². The quantitative estimate of drug-likeness (QED) is 0.637. The highest BCUT2D eigenvalue weighted by Crippen LogP contribution is 2.30. The highest BCUT2D eigenvalue weighted by Gasteiger charge is 2.24. The molecule has 1 aromatic heterocycles. The Balaban J connectivity index is 1.48. The zero-order valence-electron chi connectivity index (χ0n) is 16.2. The Morgan fingerprint density at radius 3 is 2.52 bits per heavy atom. The second kappa shape index (κ2) is 7.21. The first-order chi connectivity index (χ1) is 14.2. The molecule has 2 aliphatic rings. The molecular formula is C25H22N2O2. The molecule has 144 valence electrons. The van der Waals surface area contributed by atoms with Crippen molar-refractivity contribution in [1.82, 2.24) is 4.57 Å². The van der Waals surface area contributed by atoms with Gasteiger partial charge in [0.1, 0.15) is 0 Å². The number of carbonyl (C=O) groups is 2. The number of ketones is 1. The van der Waals surface area contributed by atoms with Crippen LogP contribution in [0.2, 0.25) is 0 Å². The predicted octanol–water partition coefficient (Wildman–Crippen LogP) is 4.83. The Morgan fingerprint density at radius 1 is 0.862 bits per heavy atom. The maximum Gasteiger partial charge on any atom is 0.258 e. The van der Waals surface area contributed by atoms with Gasteiger partial charge in [-0.15, -0.1) is 0 Å². The van der Waals surface area contributed by atoms with Crippen molar-refractivity contribution in [2.24, 2.45) is 0 Å². The van der Waals surface area contributed by atoms with Gasteiger partial charge in [0.25, 0.3) is 5.91 Å². The molecule has 0 bridgehead atoms. The average molecular weight is 382 g/mol. The number of hydrogen-bond donors (Lipinski definition) is 0. The third-order valence-corrected chi connectivity index (χ3v) is 5.82. The fourth-order valence-electron chi connectivity index (χ4n) is 4.27. The standard InChI is InChI=1S/C25H22N2O2/c28-23-8-3-6-20(15-23)18-10-12-19(13-11-18)25(29)27-17-22-7-4-14-26(22)16-21-5-1-2-9-24(21)27/h1-2,4-5,7,9-15H,3,6,8,16-17H2. The van der Waals surface area contributed by atoms with Crippen LogP contribution in [-0.2, 0) is 17.9 Å². The lowest BCUT2D eigenvalue weighted by molar-refractivity contribution is -0.114. The SMILES string of the molecule is O=C1C=C(c2ccc(C(=O)N3Cc4cccn4Cc4ccccc43)cc2)CCC1. The van der Waals surface area contributed by atoms with Crippen LogP contribution in [-0.4, -0.2) is 16.3 Å². The molecule has 0 fully saturated rings. The van der Waals surface area contributed by atoms with Gasteiger partial charge in [-0.3, -0.25) is 9.59 Å². The van der Waals surface area contributed by atoms with Crippen LogP contribution in [0.25, 0.3) is 5.57 Å². The first kappa shape index (κ1) is 17.7. The summed E-state index contributed by atoms with van der Waals surface area (Å²) in [5.41, 5.74) is 5.98. The highest BCUT2D eigenvalue weighted by molar-refractivity contribution is 6.07. The van der Waals surface area contributed by atoms with Gasteiger partial charge in [0.2, 0.25) is 0 Å². The van der Waals surface area contributed by atoms with Crippen molar-refractivity contribution in [3.05, 3.63) is 95.3 Å². The number of carbonyl (C=O) groups excluding carboxylic acids is 2. The number of allylic oxidation sites excluding steroid dienone is 2. The van der Waals surface area contributed by atoms with Crippen molar-refractivity contribution in [3.63, 3.8) is 0 Å². The molecule has 0 unspecified atom stereocenters. The van der Waals surface area contributed by atoms with Crippen molar-refractivity contribution in [1.29, 1.82) is 0 Å². The molecule has 29 heavy (non-hydrogen) atoms. The van der Waals surface area contributed by atoms with E-state index in [0.29, 0.717) is 18.5 Å². The van der Waals surface area contributed by atoms with E-state index < -0.39 is 0 Å². The van der Waals surface area contributed by atoms with Gasteiger partial charge in [-0.1, -0.05) is 30.3 Å². The first-order valence-electron chi connectivity index (χ1n) is 10.1. The molecule has 0 N–H and O–H groups in total. The third-order valence-electron chi connectivity index (χ3n) is 5.82. The normalized spacial score (nSPS) is 15.9. The molecule has 3 aromatic rings. The topological polar surface area (TPSA) is 42.3 Å². The van der Waals surface area contributed by atoms with Crippen LogP contribution in [0.1, 0.15) is 46.4 Å². The molecule has 0 saturated heterocycles. The lowest BCUT2D eigenvalue weighted by Gasteiger charge is -2.23. The molecule has 2 heterocycles. The van der Waals surface area contributed by atoms with E-state index in [9.17, 15) is 9.59 Å². The van der Waals surface area contributed by atoms with E-state index in [1.165, 1.54) is 0 Å². The van der Waals surface area contributed by atoms with Crippen molar-refractivity contribution in [2.75, 3.05) is 4.90 Å². The van der Waals surface area contributed by atoms with Gasteiger partial charge >= 0.3 is 0 Å². The first-order valence-corrected chi connectivity index (χ1v) is 10.1. The molecule has 0 atom stereocenters. The fourth-order valence-corrected chi connectivity index (χ4v) is 4.27. The summed E-state index contributed by atoms with van der Waals surface area (Å²) in [6, 6.07) is 19.9. The smallest absolute Gasteiger partial charge is 0.258 e. The van der Waals surface area contributed by atoms with Crippen molar-refractivity contribution >= 4 is 23.0 Å². The molecule has 4 nitrogen and oxygen atoms in total. The number of rotatable bonds is 2. The Morgan fingerprint density at radius 2 is 1.69 bits per heavy atom. The Bertz CT molecular complexity index is 1120. The summed E-state index contributed by atoms with van der Waals surface area (Å²) in [7, 11) is 0. The zero-order chi connectivity index (χ0) is 19.8. The number of fused-ring (bicyclic) bond motifs is 2. The van der Waals surface area contributed by atoms with E-state index in [2.05, 4.69) is 22.9 Å². The van der Waals surface area contributed by atoms with Crippen LogP contribution in [0.5, 0.6) is 0 Å². The summed E-state index contributed by atoms with van der Waals surface area (Å²) in [5.74, 6) is 0.183. The summed E-state index contributed by atoms with van der Waals surface area (Å²) in [6.07, 6.45) is 6.26. The lowest BCUT2D eigenvalue weighted by atomic mass is 9.92. The number of para-hydroxylation sites is 1. The second-order valence-corrected chi connectivity index (χ2v) is 7.71. The molecule has 4 heteroatoms. The van der Waals surface area contributed by atoms with Gasteiger partial charge in [0, 0.05) is 36.1 Å². The largest absolute Gasteiger partial charge is 0.345 e. The van der Waals surface area contributed by atoms with Gasteiger partial charge in [-0.25, -0.2) is 0 Å². The van der Waals surface area contributed by atoms with E-state index in [4.69, 9.17) is 0 Å². The molecule has 2 aromatic carbocycles. The molecule has 0 spiro atoms. The van der Waals surface area contributed by atoms with Crippen LogP contribution in [0.15, 0.2) is 72.9 Å². The van der Waals surface area contributed by atoms with Crippen molar-refractivity contribution in [2.45, 2.75) is 32.4 Å². The zero-order valence-corrected chi connectivity index (χ0v) is 16.2. The summed E-state index contributed by atoms with van der Waals surface area (Å²) < 4.78 is 2.20. The second-order valence-electron chi connectivity index (χ2n) is 7.71. The fraction of sp³-hybridized carbons (Fsp3) is 0.200. The van der Waals surface area contributed by atoms with Crippen LogP contribution >= 0.6 is 0 Å². The number of anilines is 1. The van der Waals surface area contributed by atoms with Gasteiger partial charge in [-0.2, -0.15) is 0 Å². The summed E-state index contributed by atoms with van der Waals surface area (Å²) >= 11 is 0. The number of amides is 1. The van der Waals surface area contributed by atoms with Gasteiger partial charge in [0.05, 0.1) is 6.54 Å². The van der Waals surface area contributed by atoms with Crippen LogP contribution < -0.4 is 4.90 Å². The molecular weight excluding hydrogens is 360 g/mol. The van der Waals surface area contributed by atoms with Gasteiger partial charge in [-0.05, 0) is 65.9 Å². The number of nitrogens with zero attached hydrogens (tertiary/aromatic N) is 2. The van der Waals surface area contributed by atoms with Gasteiger partial charge < -0.3 is 9.47 Å². The van der Waals surface area contributed by atoms with E-state index in [1.54, 1.807) is 6.08 Å². The van der Waals surface area contributed by atoms with E-state index in [0.717, 1.165) is 47.5 Å². The van der Waals surface area contributed by atoms with Crippen molar-refractivity contribution in [3.8, 4) is 0 Å². The van der Waals surface area contributed by atoms with Crippen LogP contribution in [0, 0.1) is 0 Å². The molecule has 5 rings (SSSR count). The minimum atomic E-state index is -0.00708. The predicted molar refractivity (Wildman–Crippen MR) is 114 cm³/mol. The molecule has 1 aliphatic carbocycles. The third kappa shape index (κ3) is 3.31. The minimum absolute atomic E-state index is 0.00708. The van der Waals surface area contributed by atoms with Crippen LogP contribution in [0.4, 0.5) is 5.69 Å². The maximum atomic E-state index is 13.4. The van der Waals surface area contributed by atoms with E-state index in [-0.39, 0.29) is 11.7 Å². The molecule has 1 aliphatic heterocycles. The van der Waals surface area contributed by atoms with E-state index >= 15 is 0 Å². The lowest BCUT2D eigenvalue weighted by Crippen LogP contribution is -2.30. The Labute approximate surface area is 170 Å². The molecule has 1 amide bonds. The van der Waals surface area contributed by atoms with Crippen LogP contribution in [0.3, 0.4) is 0 Å². The minimum Gasteiger partial charge on any atom is -0.345 e. The molecule has 0 radical (unpaired) electrons. The number of benzene rings is 2. The number of aromatic nitrogens is 1. The average Bonchev–Trinajstić information content (AvgIpc) is 3.12. The summed E-state index contributed by atoms with van der Waals surface area (Å²) in [4.78, 5) is 27.0. The maximum absolute atomic E-state index is 13.4. The summed E-state index contributed by atoms with van der Waals surface area (Å²) in [5, 5.41) is 0. The Kier molecular flexibility index (Phi) is 4.39. The van der Waals surface area contributed by atoms with E-state index in [1.807, 2.05) is 53.4 Å². The number of hydrogen-bond acceptors (Lipinski definition) is 2. The Hall–Kier alpha value is -3.40. The monoisotopic (exact) mass is 382 g/mol. The molecule has 0 saturated carbocycles. The summed E-state index contributed by atoms with van der Waals surface area (Å²) in [6.45, 7) is 1.31. The highest BCUT2D eigenvalue weighted by atomic mass is 16.2. The van der Waals surface area contributed by atoms with Crippen molar-refractivity contribution < 1.29 is 9.59 Å².